The number of rotatable bonds is 6. The predicted octanol–water partition coefficient (Wildman–Crippen LogP) is 3.12. The smallest absolute Gasteiger partial charge is 0.254 e. The van der Waals surface area contributed by atoms with Gasteiger partial charge in [0.05, 0.1) is 6.61 Å². The standard InChI is InChI=1S/C21H25N3O4/c1-3-27-18-5-4-6-19(14-18)28-17-8-11-24(12-9-17)21(26)16-7-10-22-20(13-16)23-15(2)25/h4-7,10,13-14,17H,3,8-9,11-12H2,1-2H3,(H,22,23,25). The lowest BCUT2D eigenvalue weighted by Crippen LogP contribution is -2.41. The van der Waals surface area contributed by atoms with Crippen LogP contribution >= 0.6 is 0 Å². The molecule has 0 atom stereocenters. The van der Waals surface area contributed by atoms with Gasteiger partial charge in [-0.05, 0) is 31.2 Å². The maximum Gasteiger partial charge on any atom is 0.254 e. The van der Waals surface area contributed by atoms with Crippen molar-refractivity contribution in [2.45, 2.75) is 32.8 Å². The molecule has 2 amide bonds. The van der Waals surface area contributed by atoms with Gasteiger partial charge in [0.1, 0.15) is 23.4 Å². The molecule has 1 aromatic heterocycles. The maximum atomic E-state index is 12.7. The Kier molecular flexibility index (Phi) is 6.47. The summed E-state index contributed by atoms with van der Waals surface area (Å²) in [5.74, 6) is 1.67. The molecule has 1 aromatic carbocycles. The summed E-state index contributed by atoms with van der Waals surface area (Å²) in [6.45, 7) is 5.20. The van der Waals surface area contributed by atoms with Crippen molar-refractivity contribution in [1.82, 2.24) is 9.88 Å². The van der Waals surface area contributed by atoms with E-state index in [0.29, 0.717) is 31.1 Å². The summed E-state index contributed by atoms with van der Waals surface area (Å²) < 4.78 is 11.6. The minimum atomic E-state index is -0.219. The van der Waals surface area contributed by atoms with Crippen molar-refractivity contribution < 1.29 is 19.1 Å². The number of carbonyl (C=O) groups excluding carboxylic acids is 2. The molecule has 1 N–H and O–H groups in total. The van der Waals surface area contributed by atoms with Gasteiger partial charge < -0.3 is 19.7 Å². The van der Waals surface area contributed by atoms with E-state index < -0.39 is 0 Å². The van der Waals surface area contributed by atoms with Crippen molar-refractivity contribution in [2.75, 3.05) is 25.0 Å². The fourth-order valence-corrected chi connectivity index (χ4v) is 3.17. The second kappa shape index (κ2) is 9.21. The number of likely N-dealkylation sites (tertiary alicyclic amines) is 1. The van der Waals surface area contributed by atoms with Crippen molar-refractivity contribution in [2.24, 2.45) is 0 Å². The Balaban J connectivity index is 1.55. The van der Waals surface area contributed by atoms with Gasteiger partial charge in [-0.3, -0.25) is 9.59 Å². The number of ether oxygens (including phenoxy) is 2. The minimum Gasteiger partial charge on any atom is -0.494 e. The first kappa shape index (κ1) is 19.7. The highest BCUT2D eigenvalue weighted by Gasteiger charge is 2.25. The SMILES string of the molecule is CCOc1cccc(OC2CCN(C(=O)c3ccnc(NC(C)=O)c3)CC2)c1. The molecular formula is C21H25N3O4. The first-order chi connectivity index (χ1) is 13.5. The topological polar surface area (TPSA) is 80.8 Å². The van der Waals surface area contributed by atoms with Crippen LogP contribution in [-0.2, 0) is 4.79 Å². The molecule has 0 unspecified atom stereocenters. The maximum absolute atomic E-state index is 12.7. The van der Waals surface area contributed by atoms with E-state index in [9.17, 15) is 9.59 Å². The van der Waals surface area contributed by atoms with Crippen LogP contribution in [0.2, 0.25) is 0 Å². The zero-order chi connectivity index (χ0) is 19.9. The number of carbonyl (C=O) groups is 2. The van der Waals surface area contributed by atoms with Crippen molar-refractivity contribution in [3.05, 3.63) is 48.2 Å². The highest BCUT2D eigenvalue weighted by atomic mass is 16.5. The van der Waals surface area contributed by atoms with Gasteiger partial charge in [0, 0.05) is 50.7 Å². The molecule has 148 valence electrons. The number of hydrogen-bond donors (Lipinski definition) is 1. The lowest BCUT2D eigenvalue weighted by molar-refractivity contribution is -0.114. The molecule has 0 spiro atoms. The molecule has 2 heterocycles. The number of anilines is 1. The highest BCUT2D eigenvalue weighted by molar-refractivity contribution is 5.96. The molecule has 7 nitrogen and oxygen atoms in total. The van der Waals surface area contributed by atoms with E-state index in [1.807, 2.05) is 36.1 Å². The second-order valence-corrected chi connectivity index (χ2v) is 6.63. The first-order valence-electron chi connectivity index (χ1n) is 9.47. The average molecular weight is 383 g/mol. The first-order valence-corrected chi connectivity index (χ1v) is 9.47. The number of nitrogens with zero attached hydrogens (tertiary/aromatic N) is 2. The molecular weight excluding hydrogens is 358 g/mol. The molecule has 0 radical (unpaired) electrons. The van der Waals surface area contributed by atoms with Gasteiger partial charge in [-0.25, -0.2) is 4.98 Å². The van der Waals surface area contributed by atoms with E-state index in [1.54, 1.807) is 12.1 Å². The lowest BCUT2D eigenvalue weighted by atomic mass is 10.1. The lowest BCUT2D eigenvalue weighted by Gasteiger charge is -2.32. The van der Waals surface area contributed by atoms with E-state index in [0.717, 1.165) is 24.3 Å². The van der Waals surface area contributed by atoms with Crippen LogP contribution in [-0.4, -0.2) is 47.5 Å². The molecule has 1 fully saturated rings. The summed E-state index contributed by atoms with van der Waals surface area (Å²) in [5.41, 5.74) is 0.516. The zero-order valence-corrected chi connectivity index (χ0v) is 16.2. The number of piperidine rings is 1. The third-order valence-electron chi connectivity index (χ3n) is 4.46. The van der Waals surface area contributed by atoms with Crippen LogP contribution in [0.3, 0.4) is 0 Å². The average Bonchev–Trinajstić information content (AvgIpc) is 2.68. The third kappa shape index (κ3) is 5.22. The number of pyridine rings is 1. The van der Waals surface area contributed by atoms with Crippen molar-refractivity contribution in [3.63, 3.8) is 0 Å². The fraction of sp³-hybridized carbons (Fsp3) is 0.381. The summed E-state index contributed by atoms with van der Waals surface area (Å²) >= 11 is 0. The van der Waals surface area contributed by atoms with E-state index in [-0.39, 0.29) is 17.9 Å². The summed E-state index contributed by atoms with van der Waals surface area (Å²) in [6, 6.07) is 10.9. The minimum absolute atomic E-state index is 0.0632. The van der Waals surface area contributed by atoms with Gasteiger partial charge >= 0.3 is 0 Å². The monoisotopic (exact) mass is 383 g/mol. The van der Waals surface area contributed by atoms with Crippen molar-refractivity contribution in [1.29, 1.82) is 0 Å². The molecule has 1 aliphatic rings. The summed E-state index contributed by atoms with van der Waals surface area (Å²) in [5, 5.41) is 2.60. The molecule has 2 aromatic rings. The van der Waals surface area contributed by atoms with E-state index in [2.05, 4.69) is 10.3 Å². The zero-order valence-electron chi connectivity index (χ0n) is 16.2. The number of benzene rings is 1. The Morgan fingerprint density at radius 1 is 1.18 bits per heavy atom. The molecule has 0 aliphatic carbocycles. The van der Waals surface area contributed by atoms with Gasteiger partial charge in [-0.1, -0.05) is 6.07 Å². The Bertz CT molecular complexity index is 832. The van der Waals surface area contributed by atoms with Crippen LogP contribution in [0.5, 0.6) is 11.5 Å². The quantitative estimate of drug-likeness (QED) is 0.829. The van der Waals surface area contributed by atoms with Gasteiger partial charge in [0.2, 0.25) is 5.91 Å². The molecule has 28 heavy (non-hydrogen) atoms. The van der Waals surface area contributed by atoms with Crippen LogP contribution in [0.15, 0.2) is 42.6 Å². The Morgan fingerprint density at radius 3 is 2.64 bits per heavy atom. The summed E-state index contributed by atoms with van der Waals surface area (Å²) in [7, 11) is 0. The fourth-order valence-electron chi connectivity index (χ4n) is 3.17. The molecule has 0 saturated carbocycles. The van der Waals surface area contributed by atoms with Gasteiger partial charge in [0.15, 0.2) is 0 Å². The van der Waals surface area contributed by atoms with Crippen molar-refractivity contribution in [3.8, 4) is 11.5 Å². The normalized spacial score (nSPS) is 14.4. The Morgan fingerprint density at radius 2 is 1.93 bits per heavy atom. The summed E-state index contributed by atoms with van der Waals surface area (Å²) in [6.07, 6.45) is 3.11. The molecule has 7 heteroatoms. The Hall–Kier alpha value is -3.09. The third-order valence-corrected chi connectivity index (χ3v) is 4.46. The second-order valence-electron chi connectivity index (χ2n) is 6.63. The van der Waals surface area contributed by atoms with Gasteiger partial charge in [-0.15, -0.1) is 0 Å². The molecule has 0 bridgehead atoms. The summed E-state index contributed by atoms with van der Waals surface area (Å²) in [4.78, 5) is 29.8. The van der Waals surface area contributed by atoms with E-state index in [1.165, 1.54) is 13.1 Å². The highest BCUT2D eigenvalue weighted by Crippen LogP contribution is 2.24. The Labute approximate surface area is 164 Å². The van der Waals surface area contributed by atoms with Gasteiger partial charge in [-0.2, -0.15) is 0 Å². The molecule has 1 aliphatic heterocycles. The van der Waals surface area contributed by atoms with Crippen LogP contribution in [0, 0.1) is 0 Å². The molecule has 3 rings (SSSR count). The van der Waals surface area contributed by atoms with E-state index in [4.69, 9.17) is 9.47 Å². The van der Waals surface area contributed by atoms with E-state index >= 15 is 0 Å². The van der Waals surface area contributed by atoms with Gasteiger partial charge in [0.25, 0.3) is 5.91 Å². The van der Waals surface area contributed by atoms with Crippen LogP contribution in [0.1, 0.15) is 37.0 Å². The van der Waals surface area contributed by atoms with Crippen LogP contribution in [0.25, 0.3) is 0 Å². The predicted molar refractivity (Wildman–Crippen MR) is 106 cm³/mol. The molecule has 1 saturated heterocycles. The van der Waals surface area contributed by atoms with Crippen molar-refractivity contribution >= 4 is 17.6 Å². The number of nitrogens with one attached hydrogen (secondary N) is 1. The van der Waals surface area contributed by atoms with Crippen LogP contribution in [0.4, 0.5) is 5.82 Å². The largest absolute Gasteiger partial charge is 0.494 e. The number of hydrogen-bond acceptors (Lipinski definition) is 5. The number of aromatic nitrogens is 1. The van der Waals surface area contributed by atoms with Crippen LogP contribution < -0.4 is 14.8 Å². The number of amides is 2.